The quantitative estimate of drug-likeness (QED) is 0.819. The Labute approximate surface area is 110 Å². The lowest BCUT2D eigenvalue weighted by Crippen LogP contribution is -2.00. The Hall–Kier alpha value is -1.74. The van der Waals surface area contributed by atoms with E-state index in [9.17, 15) is 9.50 Å². The van der Waals surface area contributed by atoms with Gasteiger partial charge >= 0.3 is 0 Å². The van der Waals surface area contributed by atoms with Crippen molar-refractivity contribution in [1.29, 1.82) is 0 Å². The summed E-state index contributed by atoms with van der Waals surface area (Å²) in [4.78, 5) is 0. The van der Waals surface area contributed by atoms with Crippen LogP contribution < -0.4 is 5.32 Å². The Kier molecular flexibility index (Phi) is 3.72. The maximum atomic E-state index is 12.9. The van der Waals surface area contributed by atoms with E-state index in [1.165, 1.54) is 12.1 Å². The second-order valence-corrected chi connectivity index (χ2v) is 4.50. The van der Waals surface area contributed by atoms with E-state index in [1.54, 1.807) is 18.2 Å². The number of phenols is 1. The van der Waals surface area contributed by atoms with Crippen molar-refractivity contribution in [2.45, 2.75) is 13.5 Å². The van der Waals surface area contributed by atoms with E-state index in [0.717, 1.165) is 16.8 Å². The van der Waals surface area contributed by atoms with Crippen LogP contribution in [0.4, 0.5) is 10.1 Å². The number of halogens is 2. The number of nitrogens with one attached hydrogen (secondary N) is 1. The van der Waals surface area contributed by atoms with Gasteiger partial charge in [-0.15, -0.1) is 0 Å². The molecule has 0 aliphatic carbocycles. The van der Waals surface area contributed by atoms with E-state index in [2.05, 4.69) is 5.32 Å². The van der Waals surface area contributed by atoms with Gasteiger partial charge in [-0.25, -0.2) is 4.39 Å². The lowest BCUT2D eigenvalue weighted by Gasteiger charge is -2.09. The highest BCUT2D eigenvalue weighted by Crippen LogP contribution is 2.22. The molecule has 0 heterocycles. The summed E-state index contributed by atoms with van der Waals surface area (Å²) in [6.45, 7) is 2.33. The first-order valence-electron chi connectivity index (χ1n) is 5.53. The van der Waals surface area contributed by atoms with E-state index in [4.69, 9.17) is 11.6 Å². The summed E-state index contributed by atoms with van der Waals surface area (Å²) < 4.78 is 12.9. The average molecular weight is 266 g/mol. The van der Waals surface area contributed by atoms with Crippen molar-refractivity contribution in [2.24, 2.45) is 0 Å². The minimum absolute atomic E-state index is 0.264. The Balaban J connectivity index is 2.09. The highest BCUT2D eigenvalue weighted by molar-refractivity contribution is 6.31. The highest BCUT2D eigenvalue weighted by Gasteiger charge is 2.03. The maximum absolute atomic E-state index is 12.9. The van der Waals surface area contributed by atoms with Crippen molar-refractivity contribution < 1.29 is 9.50 Å². The topological polar surface area (TPSA) is 32.3 Å². The summed E-state index contributed by atoms with van der Waals surface area (Å²) in [5.74, 6) is -0.0791. The molecule has 0 fully saturated rings. The SMILES string of the molecule is Cc1cc(NCc2ccc(F)cc2Cl)ccc1O. The summed E-state index contributed by atoms with van der Waals surface area (Å²) in [5.41, 5.74) is 2.50. The minimum atomic E-state index is -0.343. The predicted molar refractivity (Wildman–Crippen MR) is 71.6 cm³/mol. The summed E-state index contributed by atoms with van der Waals surface area (Å²) in [5, 5.41) is 13.0. The molecule has 2 nitrogen and oxygen atoms in total. The maximum Gasteiger partial charge on any atom is 0.124 e. The summed E-state index contributed by atoms with van der Waals surface area (Å²) in [6.07, 6.45) is 0. The monoisotopic (exact) mass is 265 g/mol. The smallest absolute Gasteiger partial charge is 0.124 e. The Morgan fingerprint density at radius 1 is 1.22 bits per heavy atom. The van der Waals surface area contributed by atoms with Crippen molar-refractivity contribution in [3.8, 4) is 5.75 Å². The normalized spacial score (nSPS) is 10.4. The first-order chi connectivity index (χ1) is 8.56. The van der Waals surface area contributed by atoms with Gasteiger partial charge in [-0.2, -0.15) is 0 Å². The summed E-state index contributed by atoms with van der Waals surface area (Å²) >= 11 is 5.93. The minimum Gasteiger partial charge on any atom is -0.508 e. The number of phenolic OH excluding ortho intramolecular Hbond substituents is 1. The molecule has 0 spiro atoms. The van der Waals surface area contributed by atoms with Crippen LogP contribution >= 0.6 is 11.6 Å². The Morgan fingerprint density at radius 3 is 2.67 bits per heavy atom. The van der Waals surface area contributed by atoms with E-state index in [1.807, 2.05) is 13.0 Å². The van der Waals surface area contributed by atoms with Crippen LogP contribution in [0.25, 0.3) is 0 Å². The zero-order chi connectivity index (χ0) is 13.1. The molecule has 0 bridgehead atoms. The number of aryl methyl sites for hydroxylation is 1. The van der Waals surface area contributed by atoms with Crippen molar-refractivity contribution >= 4 is 17.3 Å². The highest BCUT2D eigenvalue weighted by atomic mass is 35.5. The van der Waals surface area contributed by atoms with E-state index in [-0.39, 0.29) is 11.6 Å². The third-order valence-corrected chi connectivity index (χ3v) is 3.05. The predicted octanol–water partition coefficient (Wildman–Crippen LogP) is 4.11. The van der Waals surface area contributed by atoms with Gasteiger partial charge in [0.25, 0.3) is 0 Å². The number of anilines is 1. The average Bonchev–Trinajstić information content (AvgIpc) is 2.32. The number of rotatable bonds is 3. The van der Waals surface area contributed by atoms with Crippen LogP contribution in [0.15, 0.2) is 36.4 Å². The van der Waals surface area contributed by atoms with Crippen LogP contribution in [-0.2, 0) is 6.54 Å². The third kappa shape index (κ3) is 2.93. The van der Waals surface area contributed by atoms with E-state index < -0.39 is 0 Å². The number of aromatic hydroxyl groups is 1. The van der Waals surface area contributed by atoms with Gasteiger partial charge in [-0.05, 0) is 48.4 Å². The van der Waals surface area contributed by atoms with Crippen LogP contribution in [0.2, 0.25) is 5.02 Å². The van der Waals surface area contributed by atoms with Crippen LogP contribution in [0.1, 0.15) is 11.1 Å². The van der Waals surface area contributed by atoms with E-state index in [0.29, 0.717) is 11.6 Å². The largest absolute Gasteiger partial charge is 0.508 e. The zero-order valence-corrected chi connectivity index (χ0v) is 10.6. The van der Waals surface area contributed by atoms with Crippen LogP contribution in [0, 0.1) is 12.7 Å². The molecule has 0 radical (unpaired) electrons. The van der Waals surface area contributed by atoms with Crippen molar-refractivity contribution in [3.05, 3.63) is 58.4 Å². The zero-order valence-electron chi connectivity index (χ0n) is 9.87. The molecule has 0 atom stereocenters. The molecule has 0 aromatic heterocycles. The van der Waals surface area contributed by atoms with Gasteiger partial charge in [-0.1, -0.05) is 17.7 Å². The molecule has 2 N–H and O–H groups in total. The lowest BCUT2D eigenvalue weighted by atomic mass is 10.2. The molecule has 4 heteroatoms. The molecule has 0 saturated carbocycles. The van der Waals surface area contributed by atoms with Crippen molar-refractivity contribution in [3.63, 3.8) is 0 Å². The van der Waals surface area contributed by atoms with Crippen molar-refractivity contribution in [2.75, 3.05) is 5.32 Å². The molecule has 2 rings (SSSR count). The molecule has 0 amide bonds. The number of hydrogen-bond acceptors (Lipinski definition) is 2. The molecule has 0 aliphatic rings. The third-order valence-electron chi connectivity index (χ3n) is 2.69. The fourth-order valence-electron chi connectivity index (χ4n) is 1.63. The van der Waals surface area contributed by atoms with E-state index >= 15 is 0 Å². The fraction of sp³-hybridized carbons (Fsp3) is 0.143. The van der Waals surface area contributed by atoms with Gasteiger partial charge in [0, 0.05) is 17.3 Å². The molecule has 0 aliphatic heterocycles. The lowest BCUT2D eigenvalue weighted by molar-refractivity contribution is 0.471. The van der Waals surface area contributed by atoms with Gasteiger partial charge in [0.2, 0.25) is 0 Å². The molecule has 2 aromatic rings. The van der Waals surface area contributed by atoms with Crippen molar-refractivity contribution in [1.82, 2.24) is 0 Å². The molecule has 2 aromatic carbocycles. The van der Waals surface area contributed by atoms with Gasteiger partial charge in [0.1, 0.15) is 11.6 Å². The molecule has 0 saturated heterocycles. The second-order valence-electron chi connectivity index (χ2n) is 4.09. The Bertz CT molecular complexity index is 572. The fourth-order valence-corrected chi connectivity index (χ4v) is 1.86. The van der Waals surface area contributed by atoms with Gasteiger partial charge in [0.15, 0.2) is 0 Å². The standard InChI is InChI=1S/C14H13ClFNO/c1-9-6-12(4-5-14(9)18)17-8-10-2-3-11(16)7-13(10)15/h2-7,17-18H,8H2,1H3. The number of hydrogen-bond donors (Lipinski definition) is 2. The molecular formula is C14H13ClFNO. The summed E-state index contributed by atoms with van der Waals surface area (Å²) in [6, 6.07) is 9.57. The first kappa shape index (κ1) is 12.7. The van der Waals surface area contributed by atoms with Gasteiger partial charge in [-0.3, -0.25) is 0 Å². The van der Waals surface area contributed by atoms with Gasteiger partial charge < -0.3 is 10.4 Å². The second kappa shape index (κ2) is 5.27. The summed E-state index contributed by atoms with van der Waals surface area (Å²) in [7, 11) is 0. The van der Waals surface area contributed by atoms with Gasteiger partial charge in [0.05, 0.1) is 0 Å². The van der Waals surface area contributed by atoms with Crippen LogP contribution in [-0.4, -0.2) is 5.11 Å². The molecule has 18 heavy (non-hydrogen) atoms. The molecule has 94 valence electrons. The molecular weight excluding hydrogens is 253 g/mol. The molecule has 0 unspecified atom stereocenters. The number of benzene rings is 2. The van der Waals surface area contributed by atoms with Crippen LogP contribution in [0.3, 0.4) is 0 Å². The first-order valence-corrected chi connectivity index (χ1v) is 5.91. The van der Waals surface area contributed by atoms with Crippen LogP contribution in [0.5, 0.6) is 5.75 Å². The Morgan fingerprint density at radius 2 is 2.00 bits per heavy atom.